The van der Waals surface area contributed by atoms with Gasteiger partial charge in [0.05, 0.1) is 10.7 Å². The van der Waals surface area contributed by atoms with Crippen molar-refractivity contribution in [1.82, 2.24) is 5.32 Å². The van der Waals surface area contributed by atoms with Gasteiger partial charge in [0.1, 0.15) is 0 Å². The molecule has 2 fully saturated rings. The zero-order valence-corrected chi connectivity index (χ0v) is 12.5. The molecule has 1 aromatic rings. The monoisotopic (exact) mass is 278 g/mol. The van der Waals surface area contributed by atoms with Gasteiger partial charge in [-0.3, -0.25) is 0 Å². The van der Waals surface area contributed by atoms with E-state index in [4.69, 9.17) is 11.6 Å². The van der Waals surface area contributed by atoms with Crippen molar-refractivity contribution in [3.05, 3.63) is 29.3 Å². The van der Waals surface area contributed by atoms with E-state index in [1.165, 1.54) is 18.5 Å². The molecule has 1 heterocycles. The number of piperazine rings is 1. The van der Waals surface area contributed by atoms with E-state index < -0.39 is 0 Å². The van der Waals surface area contributed by atoms with Crippen molar-refractivity contribution in [2.24, 2.45) is 11.8 Å². The number of benzene rings is 1. The summed E-state index contributed by atoms with van der Waals surface area (Å²) in [5.41, 5.74) is 1.20. The summed E-state index contributed by atoms with van der Waals surface area (Å²) in [5, 5.41) is 4.63. The predicted molar refractivity (Wildman–Crippen MR) is 81.9 cm³/mol. The molecule has 0 amide bonds. The lowest BCUT2D eigenvalue weighted by atomic mass is 9.96. The quantitative estimate of drug-likeness (QED) is 0.910. The van der Waals surface area contributed by atoms with E-state index >= 15 is 0 Å². The van der Waals surface area contributed by atoms with Crippen LogP contribution in [0.1, 0.15) is 26.7 Å². The minimum Gasteiger partial charge on any atom is -0.364 e. The fourth-order valence-corrected chi connectivity index (χ4v) is 3.41. The Morgan fingerprint density at radius 3 is 2.63 bits per heavy atom. The van der Waals surface area contributed by atoms with Crippen LogP contribution in [0.4, 0.5) is 5.69 Å². The van der Waals surface area contributed by atoms with Crippen LogP contribution in [0.2, 0.25) is 5.02 Å². The lowest BCUT2D eigenvalue weighted by Gasteiger charge is -2.44. The van der Waals surface area contributed by atoms with E-state index in [9.17, 15) is 0 Å². The van der Waals surface area contributed by atoms with Gasteiger partial charge in [-0.1, -0.05) is 37.6 Å². The third-order valence-corrected chi connectivity index (χ3v) is 4.82. The summed E-state index contributed by atoms with van der Waals surface area (Å²) in [4.78, 5) is 2.53. The first kappa shape index (κ1) is 13.3. The second-order valence-electron chi connectivity index (χ2n) is 6.27. The Morgan fingerprint density at radius 2 is 2.00 bits per heavy atom. The van der Waals surface area contributed by atoms with Crippen LogP contribution in [-0.2, 0) is 0 Å². The van der Waals surface area contributed by atoms with Crippen LogP contribution in [0.5, 0.6) is 0 Å². The molecule has 1 aromatic carbocycles. The molecule has 2 atom stereocenters. The Balaban J connectivity index is 1.86. The van der Waals surface area contributed by atoms with Gasteiger partial charge in [0.15, 0.2) is 0 Å². The molecule has 0 bridgehead atoms. The van der Waals surface area contributed by atoms with E-state index in [-0.39, 0.29) is 0 Å². The number of nitrogens with zero attached hydrogens (tertiary/aromatic N) is 1. The number of rotatable bonds is 3. The Morgan fingerprint density at radius 1 is 1.26 bits per heavy atom. The smallest absolute Gasteiger partial charge is 0.0639 e. The van der Waals surface area contributed by atoms with E-state index in [0.29, 0.717) is 18.0 Å². The highest BCUT2D eigenvalue weighted by atomic mass is 35.5. The van der Waals surface area contributed by atoms with Gasteiger partial charge in [-0.25, -0.2) is 0 Å². The van der Waals surface area contributed by atoms with Gasteiger partial charge in [-0.15, -0.1) is 0 Å². The molecule has 2 aliphatic rings. The van der Waals surface area contributed by atoms with Crippen molar-refractivity contribution in [3.63, 3.8) is 0 Å². The lowest BCUT2D eigenvalue weighted by molar-refractivity contribution is 0.320. The first-order chi connectivity index (χ1) is 9.16. The van der Waals surface area contributed by atoms with Crippen molar-refractivity contribution < 1.29 is 0 Å². The maximum Gasteiger partial charge on any atom is 0.0639 e. The van der Waals surface area contributed by atoms with E-state index in [1.807, 2.05) is 12.1 Å². The van der Waals surface area contributed by atoms with Crippen molar-refractivity contribution >= 4 is 17.3 Å². The Hall–Kier alpha value is -0.730. The van der Waals surface area contributed by atoms with Gasteiger partial charge >= 0.3 is 0 Å². The summed E-state index contributed by atoms with van der Waals surface area (Å²) < 4.78 is 0. The Labute approximate surface area is 121 Å². The van der Waals surface area contributed by atoms with Crippen molar-refractivity contribution in [1.29, 1.82) is 0 Å². The molecule has 0 radical (unpaired) electrons. The lowest BCUT2D eigenvalue weighted by Crippen LogP contribution is -2.59. The second kappa shape index (κ2) is 5.34. The van der Waals surface area contributed by atoms with Crippen molar-refractivity contribution in [2.75, 3.05) is 18.0 Å². The molecular formula is C16H23ClN2. The second-order valence-corrected chi connectivity index (χ2v) is 6.67. The molecule has 104 valence electrons. The maximum atomic E-state index is 6.41. The molecule has 1 aliphatic carbocycles. The standard InChI is InChI=1S/C16H23ClN2/c1-11(2)16-9-18-14(12-7-8-12)10-19(16)15-6-4-3-5-13(15)17/h3-6,11-12,14,16,18H,7-10H2,1-2H3. The highest BCUT2D eigenvalue weighted by molar-refractivity contribution is 6.33. The van der Waals surface area contributed by atoms with Crippen LogP contribution in [0.25, 0.3) is 0 Å². The average Bonchev–Trinajstić information content (AvgIpc) is 3.23. The fraction of sp³-hybridized carbons (Fsp3) is 0.625. The van der Waals surface area contributed by atoms with Crippen LogP contribution in [0.3, 0.4) is 0 Å². The molecule has 1 saturated heterocycles. The molecule has 1 aliphatic heterocycles. The predicted octanol–water partition coefficient (Wildman–Crippen LogP) is 3.55. The highest BCUT2D eigenvalue weighted by Gasteiger charge is 2.38. The number of halogens is 1. The summed E-state index contributed by atoms with van der Waals surface area (Å²) in [7, 11) is 0. The fourth-order valence-electron chi connectivity index (χ4n) is 3.17. The molecule has 2 unspecified atom stereocenters. The SMILES string of the molecule is CC(C)C1CNC(C2CC2)CN1c1ccccc1Cl. The molecule has 0 aromatic heterocycles. The molecule has 3 heteroatoms. The maximum absolute atomic E-state index is 6.41. The number of anilines is 1. The van der Waals surface area contributed by atoms with E-state index in [0.717, 1.165) is 24.0 Å². The Bertz CT molecular complexity index is 442. The molecular weight excluding hydrogens is 256 g/mol. The third kappa shape index (κ3) is 2.75. The third-order valence-electron chi connectivity index (χ3n) is 4.51. The highest BCUT2D eigenvalue weighted by Crippen LogP contribution is 2.37. The molecule has 0 spiro atoms. The van der Waals surface area contributed by atoms with Gasteiger partial charge in [0.25, 0.3) is 0 Å². The minimum absolute atomic E-state index is 0.537. The van der Waals surface area contributed by atoms with E-state index in [1.54, 1.807) is 0 Å². The van der Waals surface area contributed by atoms with Gasteiger partial charge in [0.2, 0.25) is 0 Å². The van der Waals surface area contributed by atoms with E-state index in [2.05, 4.69) is 36.2 Å². The van der Waals surface area contributed by atoms with Crippen LogP contribution in [-0.4, -0.2) is 25.2 Å². The van der Waals surface area contributed by atoms with Crippen LogP contribution >= 0.6 is 11.6 Å². The summed E-state index contributed by atoms with van der Waals surface area (Å²) in [6.07, 6.45) is 2.78. The topological polar surface area (TPSA) is 15.3 Å². The number of nitrogens with one attached hydrogen (secondary N) is 1. The number of hydrogen-bond acceptors (Lipinski definition) is 2. The minimum atomic E-state index is 0.537. The Kier molecular flexibility index (Phi) is 3.72. The molecule has 19 heavy (non-hydrogen) atoms. The average molecular weight is 279 g/mol. The molecule has 3 rings (SSSR count). The molecule has 1 saturated carbocycles. The zero-order valence-electron chi connectivity index (χ0n) is 11.8. The van der Waals surface area contributed by atoms with Gasteiger partial charge in [-0.2, -0.15) is 0 Å². The summed E-state index contributed by atoms with van der Waals surface area (Å²) >= 11 is 6.41. The molecule has 2 nitrogen and oxygen atoms in total. The first-order valence-electron chi connectivity index (χ1n) is 7.41. The number of para-hydroxylation sites is 1. The first-order valence-corrected chi connectivity index (χ1v) is 7.79. The van der Waals surface area contributed by atoms with Crippen molar-refractivity contribution in [2.45, 2.75) is 38.8 Å². The summed E-state index contributed by atoms with van der Waals surface area (Å²) in [5.74, 6) is 1.52. The van der Waals surface area contributed by atoms with Crippen LogP contribution in [0.15, 0.2) is 24.3 Å². The van der Waals surface area contributed by atoms with Gasteiger partial charge < -0.3 is 10.2 Å². The van der Waals surface area contributed by atoms with Gasteiger partial charge in [-0.05, 0) is 36.8 Å². The summed E-state index contributed by atoms with van der Waals surface area (Å²) in [6.45, 7) is 6.77. The van der Waals surface area contributed by atoms with Gasteiger partial charge in [0, 0.05) is 25.2 Å². The largest absolute Gasteiger partial charge is 0.364 e. The van der Waals surface area contributed by atoms with Crippen LogP contribution in [0, 0.1) is 11.8 Å². The summed E-state index contributed by atoms with van der Waals surface area (Å²) in [6, 6.07) is 9.44. The zero-order chi connectivity index (χ0) is 13.4. The van der Waals surface area contributed by atoms with Crippen LogP contribution < -0.4 is 10.2 Å². The molecule has 1 N–H and O–H groups in total. The van der Waals surface area contributed by atoms with Crippen molar-refractivity contribution in [3.8, 4) is 0 Å². The number of hydrogen-bond donors (Lipinski definition) is 1. The normalized spacial score (nSPS) is 27.9.